The quantitative estimate of drug-likeness (QED) is 0.856. The van der Waals surface area contributed by atoms with Gasteiger partial charge in [0.1, 0.15) is 0 Å². The zero-order valence-corrected chi connectivity index (χ0v) is 12.0. The number of hydrogen-bond acceptors (Lipinski definition) is 2. The van der Waals surface area contributed by atoms with Crippen LogP contribution in [-0.4, -0.2) is 11.8 Å². The number of carbonyl (C=O) groups is 1. The first-order valence-corrected chi connectivity index (χ1v) is 7.19. The van der Waals surface area contributed by atoms with Gasteiger partial charge in [-0.25, -0.2) is 0 Å². The van der Waals surface area contributed by atoms with E-state index in [-0.39, 0.29) is 5.91 Å². The van der Waals surface area contributed by atoms with E-state index in [9.17, 15) is 4.79 Å². The van der Waals surface area contributed by atoms with Crippen LogP contribution in [0.1, 0.15) is 30.9 Å². The van der Waals surface area contributed by atoms with Gasteiger partial charge in [-0.3, -0.25) is 4.79 Å². The van der Waals surface area contributed by atoms with Gasteiger partial charge in [0.25, 0.3) is 5.91 Å². The molecule has 0 spiro atoms. The first-order chi connectivity index (χ1) is 10.3. The number of carbonyl (C=O) groups excluding carboxylic acids is 1. The summed E-state index contributed by atoms with van der Waals surface area (Å²) < 4.78 is 6.07. The lowest BCUT2D eigenvalue weighted by atomic mass is 9.88. The van der Waals surface area contributed by atoms with Crippen molar-refractivity contribution in [2.75, 3.05) is 0 Å². The number of aliphatic imine (C=N–C) groups is 1. The Morgan fingerprint density at radius 2 is 1.62 bits per heavy atom. The normalized spacial score (nSPS) is 21.0. The summed E-state index contributed by atoms with van der Waals surface area (Å²) in [6, 6.07) is 19.2. The summed E-state index contributed by atoms with van der Waals surface area (Å²) in [6.07, 6.45) is 1.47. The first kappa shape index (κ1) is 13.6. The smallest absolute Gasteiger partial charge is 0.297 e. The second-order valence-corrected chi connectivity index (χ2v) is 5.13. The van der Waals surface area contributed by atoms with E-state index in [0.29, 0.717) is 12.3 Å². The van der Waals surface area contributed by atoms with Gasteiger partial charge in [-0.2, -0.15) is 4.99 Å². The second kappa shape index (κ2) is 5.52. The van der Waals surface area contributed by atoms with Crippen molar-refractivity contribution in [1.82, 2.24) is 0 Å². The maximum absolute atomic E-state index is 12.6. The molecular weight excluding hydrogens is 262 g/mol. The summed E-state index contributed by atoms with van der Waals surface area (Å²) in [7, 11) is 0. The highest BCUT2D eigenvalue weighted by Gasteiger charge is 2.47. The van der Waals surface area contributed by atoms with Crippen molar-refractivity contribution < 1.29 is 9.53 Å². The van der Waals surface area contributed by atoms with Crippen LogP contribution in [0.2, 0.25) is 0 Å². The minimum absolute atomic E-state index is 0.214. The molecule has 3 nitrogen and oxygen atoms in total. The van der Waals surface area contributed by atoms with Gasteiger partial charge in [-0.05, 0) is 12.1 Å². The van der Waals surface area contributed by atoms with Crippen LogP contribution in [0.4, 0.5) is 0 Å². The molecule has 0 radical (unpaired) electrons. The minimum Gasteiger partial charge on any atom is -0.455 e. The summed E-state index contributed by atoms with van der Waals surface area (Å²) in [5.74, 6) is 0.201. The van der Waals surface area contributed by atoms with Crippen LogP contribution >= 0.6 is 0 Å². The van der Waals surface area contributed by atoms with Crippen LogP contribution in [0.25, 0.3) is 0 Å². The van der Waals surface area contributed by atoms with Crippen molar-refractivity contribution in [3.05, 3.63) is 71.8 Å². The molecule has 0 N–H and O–H groups in total. The van der Waals surface area contributed by atoms with Gasteiger partial charge in [0.05, 0.1) is 0 Å². The Bertz CT molecular complexity index is 664. The topological polar surface area (TPSA) is 38.7 Å². The highest BCUT2D eigenvalue weighted by molar-refractivity contribution is 6.09. The average Bonchev–Trinajstić information content (AvgIpc) is 2.88. The number of nitrogens with zero attached hydrogens (tertiary/aromatic N) is 1. The van der Waals surface area contributed by atoms with Crippen LogP contribution in [0.15, 0.2) is 65.7 Å². The zero-order valence-electron chi connectivity index (χ0n) is 12.0. The molecule has 106 valence electrons. The van der Waals surface area contributed by atoms with Gasteiger partial charge in [0, 0.05) is 17.5 Å². The van der Waals surface area contributed by atoms with Gasteiger partial charge in [0.15, 0.2) is 0 Å². The highest BCUT2D eigenvalue weighted by atomic mass is 16.5. The Morgan fingerprint density at radius 1 is 1.00 bits per heavy atom. The second-order valence-electron chi connectivity index (χ2n) is 5.13. The summed E-state index contributed by atoms with van der Waals surface area (Å²) in [6.45, 7) is 2.04. The summed E-state index contributed by atoms with van der Waals surface area (Å²) in [5.41, 5.74) is 0.729. The van der Waals surface area contributed by atoms with E-state index < -0.39 is 5.60 Å². The van der Waals surface area contributed by atoms with Gasteiger partial charge < -0.3 is 4.74 Å². The van der Waals surface area contributed by atoms with Crippen molar-refractivity contribution >= 4 is 11.8 Å². The molecule has 0 unspecified atom stereocenters. The fourth-order valence-corrected chi connectivity index (χ4v) is 2.66. The molecule has 0 aliphatic carbocycles. The molecule has 21 heavy (non-hydrogen) atoms. The van der Waals surface area contributed by atoms with E-state index in [4.69, 9.17) is 4.74 Å². The predicted molar refractivity (Wildman–Crippen MR) is 82.1 cm³/mol. The largest absolute Gasteiger partial charge is 0.455 e. The van der Waals surface area contributed by atoms with Gasteiger partial charge in [-0.1, -0.05) is 61.9 Å². The fraction of sp³-hybridized carbons (Fsp3) is 0.222. The van der Waals surface area contributed by atoms with Crippen molar-refractivity contribution in [3.8, 4) is 0 Å². The Kier molecular flexibility index (Phi) is 3.57. The van der Waals surface area contributed by atoms with Crippen LogP contribution in [-0.2, 0) is 15.1 Å². The lowest BCUT2D eigenvalue weighted by molar-refractivity contribution is -0.132. The molecule has 3 heteroatoms. The highest BCUT2D eigenvalue weighted by Crippen LogP contribution is 2.37. The van der Waals surface area contributed by atoms with E-state index in [1.807, 2.05) is 67.6 Å². The molecule has 0 bridgehead atoms. The summed E-state index contributed by atoms with van der Waals surface area (Å²) >= 11 is 0. The third-order valence-electron chi connectivity index (χ3n) is 3.68. The van der Waals surface area contributed by atoms with Crippen LogP contribution < -0.4 is 0 Å². The predicted octanol–water partition coefficient (Wildman–Crippen LogP) is 3.69. The van der Waals surface area contributed by atoms with Crippen molar-refractivity contribution in [2.24, 2.45) is 4.99 Å². The molecule has 3 rings (SSSR count). The third kappa shape index (κ3) is 2.35. The molecule has 1 amide bonds. The Balaban J connectivity index is 2.00. The van der Waals surface area contributed by atoms with E-state index in [2.05, 4.69) is 4.99 Å². The van der Waals surface area contributed by atoms with Crippen molar-refractivity contribution in [1.29, 1.82) is 0 Å². The van der Waals surface area contributed by atoms with E-state index >= 15 is 0 Å². The number of rotatable bonds is 4. The number of hydrogen-bond donors (Lipinski definition) is 0. The molecular formula is C18H17NO2. The van der Waals surface area contributed by atoms with Gasteiger partial charge >= 0.3 is 0 Å². The van der Waals surface area contributed by atoms with E-state index in [0.717, 1.165) is 17.5 Å². The molecule has 2 aromatic rings. The van der Waals surface area contributed by atoms with Gasteiger partial charge in [0.2, 0.25) is 11.5 Å². The fourth-order valence-electron chi connectivity index (χ4n) is 2.66. The average molecular weight is 279 g/mol. The number of ether oxygens (including phenoxy) is 1. The van der Waals surface area contributed by atoms with Crippen molar-refractivity contribution in [3.63, 3.8) is 0 Å². The summed E-state index contributed by atoms with van der Waals surface area (Å²) in [4.78, 5) is 16.7. The Hall–Kier alpha value is -2.42. The van der Waals surface area contributed by atoms with Crippen molar-refractivity contribution in [2.45, 2.75) is 25.4 Å². The molecule has 1 atom stereocenters. The molecule has 0 saturated carbocycles. The third-order valence-corrected chi connectivity index (χ3v) is 3.68. The van der Waals surface area contributed by atoms with Crippen LogP contribution in [0.5, 0.6) is 0 Å². The molecule has 1 aliphatic heterocycles. The lowest BCUT2D eigenvalue weighted by Crippen LogP contribution is -2.34. The minimum atomic E-state index is -0.971. The molecule has 1 aliphatic rings. The molecule has 1 heterocycles. The maximum atomic E-state index is 12.6. The molecule has 0 saturated heterocycles. The Morgan fingerprint density at radius 3 is 2.24 bits per heavy atom. The molecule has 0 fully saturated rings. The zero-order chi connectivity index (χ0) is 14.7. The standard InChI is InChI=1S/C18H17NO2/c1-2-13-18(15-11-7-4-8-12-15)17(20)19-16(21-18)14-9-5-3-6-10-14/h3-12H,2,13H2,1H3/t18-/m1/s1. The number of benzene rings is 2. The summed E-state index contributed by atoms with van der Waals surface area (Å²) in [5, 5.41) is 0. The SMILES string of the molecule is CCC[C@]1(c2ccccc2)OC(c2ccccc2)=NC1=O. The first-order valence-electron chi connectivity index (χ1n) is 7.19. The monoisotopic (exact) mass is 279 g/mol. The van der Waals surface area contributed by atoms with E-state index in [1.54, 1.807) is 0 Å². The molecule has 2 aromatic carbocycles. The maximum Gasteiger partial charge on any atom is 0.297 e. The van der Waals surface area contributed by atoms with Crippen LogP contribution in [0.3, 0.4) is 0 Å². The van der Waals surface area contributed by atoms with E-state index in [1.165, 1.54) is 0 Å². The lowest BCUT2D eigenvalue weighted by Gasteiger charge is -2.26. The van der Waals surface area contributed by atoms with Crippen LogP contribution in [0, 0.1) is 0 Å². The Labute approximate surface area is 124 Å². The number of amides is 1. The molecule has 0 aromatic heterocycles. The van der Waals surface area contributed by atoms with Gasteiger partial charge in [-0.15, -0.1) is 0 Å².